The van der Waals surface area contributed by atoms with E-state index < -0.39 is 23.6 Å². The average molecular weight is 391 g/mol. The van der Waals surface area contributed by atoms with Gasteiger partial charge in [0.1, 0.15) is 0 Å². The number of rotatable bonds is 4. The molecule has 0 spiro atoms. The van der Waals surface area contributed by atoms with Gasteiger partial charge in [0.15, 0.2) is 0 Å². The Morgan fingerprint density at radius 1 is 1.04 bits per heavy atom. The lowest BCUT2D eigenvalue weighted by Crippen LogP contribution is -2.14. The fourth-order valence-corrected chi connectivity index (χ4v) is 2.19. The Balaban J connectivity index is 1.71. The van der Waals surface area contributed by atoms with Gasteiger partial charge in [0.05, 0.1) is 23.9 Å². The molecule has 3 rings (SSSR count). The number of methoxy groups -OCH3 is 1. The van der Waals surface area contributed by atoms with E-state index in [1.54, 1.807) is 0 Å². The van der Waals surface area contributed by atoms with Gasteiger partial charge in [0, 0.05) is 5.69 Å². The van der Waals surface area contributed by atoms with Crippen LogP contribution in [-0.4, -0.2) is 39.2 Å². The fourth-order valence-electron chi connectivity index (χ4n) is 2.19. The lowest BCUT2D eigenvalue weighted by Gasteiger charge is -2.06. The van der Waals surface area contributed by atoms with Crippen molar-refractivity contribution in [2.24, 2.45) is 0 Å². The van der Waals surface area contributed by atoms with Gasteiger partial charge < -0.3 is 10.1 Å². The topological polar surface area (TPSA) is 99.0 Å². The Labute approximate surface area is 155 Å². The molecule has 0 aliphatic rings. The first-order chi connectivity index (χ1) is 13.3. The van der Waals surface area contributed by atoms with E-state index in [0.29, 0.717) is 11.3 Å². The molecule has 1 amide bonds. The summed E-state index contributed by atoms with van der Waals surface area (Å²) in [5.74, 6) is -1.47. The largest absolute Gasteiger partial charge is 0.465 e. The van der Waals surface area contributed by atoms with Gasteiger partial charge in [0.25, 0.3) is 11.7 Å². The van der Waals surface area contributed by atoms with E-state index in [-0.39, 0.29) is 11.5 Å². The second-order valence-electron chi connectivity index (χ2n) is 5.47. The number of anilines is 1. The molecule has 0 fully saturated rings. The number of alkyl halides is 3. The van der Waals surface area contributed by atoms with E-state index >= 15 is 0 Å². The number of carbonyl (C=O) groups is 2. The first-order valence-electron chi connectivity index (χ1n) is 7.75. The third-order valence-electron chi connectivity index (χ3n) is 3.61. The molecule has 0 radical (unpaired) electrons. The number of ether oxygens (including phenoxy) is 1. The quantitative estimate of drug-likeness (QED) is 0.687. The minimum atomic E-state index is -4.46. The summed E-state index contributed by atoms with van der Waals surface area (Å²) in [6.45, 7) is 0. The van der Waals surface area contributed by atoms with E-state index in [1.807, 2.05) is 0 Å². The zero-order valence-corrected chi connectivity index (χ0v) is 14.3. The van der Waals surface area contributed by atoms with E-state index in [2.05, 4.69) is 25.5 Å². The van der Waals surface area contributed by atoms with Crippen LogP contribution < -0.4 is 5.32 Å². The normalized spacial score (nSPS) is 11.1. The summed E-state index contributed by atoms with van der Waals surface area (Å²) in [5, 5.41) is 13.6. The van der Waals surface area contributed by atoms with E-state index in [4.69, 9.17) is 0 Å². The van der Waals surface area contributed by atoms with Crippen molar-refractivity contribution in [3.63, 3.8) is 0 Å². The Hall–Kier alpha value is -3.76. The molecule has 3 aromatic rings. The van der Waals surface area contributed by atoms with Crippen LogP contribution in [0.15, 0.2) is 48.5 Å². The van der Waals surface area contributed by atoms with Crippen LogP contribution in [0.4, 0.5) is 18.9 Å². The molecule has 0 atom stereocenters. The number of amides is 1. The van der Waals surface area contributed by atoms with Crippen LogP contribution in [0.2, 0.25) is 0 Å². The highest BCUT2D eigenvalue weighted by molar-refractivity contribution is 6.01. The Bertz CT molecular complexity index is 998. The molecule has 8 nitrogen and oxygen atoms in total. The molecule has 0 bridgehead atoms. The molecule has 1 aromatic heterocycles. The molecular weight excluding hydrogens is 379 g/mol. The summed E-state index contributed by atoms with van der Waals surface area (Å²) in [6, 6.07) is 9.99. The van der Waals surface area contributed by atoms with Crippen molar-refractivity contribution in [3.05, 3.63) is 65.5 Å². The van der Waals surface area contributed by atoms with Crippen LogP contribution in [-0.2, 0) is 10.9 Å². The van der Waals surface area contributed by atoms with Crippen molar-refractivity contribution >= 4 is 17.6 Å². The molecule has 1 N–H and O–H groups in total. The van der Waals surface area contributed by atoms with Crippen molar-refractivity contribution in [3.8, 4) is 5.69 Å². The summed E-state index contributed by atoms with van der Waals surface area (Å²) in [7, 11) is 1.25. The van der Waals surface area contributed by atoms with Gasteiger partial charge in [-0.2, -0.15) is 13.2 Å². The van der Waals surface area contributed by atoms with Gasteiger partial charge in [-0.15, -0.1) is 15.0 Å². The van der Waals surface area contributed by atoms with Crippen molar-refractivity contribution in [1.29, 1.82) is 0 Å². The monoisotopic (exact) mass is 391 g/mol. The summed E-state index contributed by atoms with van der Waals surface area (Å²) in [4.78, 5) is 24.5. The second-order valence-corrected chi connectivity index (χ2v) is 5.47. The van der Waals surface area contributed by atoms with Gasteiger partial charge in [0.2, 0.25) is 0 Å². The SMILES string of the molecule is COC(=O)c1ccc(NC(=O)c2nnn(-c3ccc(C(F)(F)F)cc3)n2)cc1. The highest BCUT2D eigenvalue weighted by Gasteiger charge is 2.30. The second kappa shape index (κ2) is 7.47. The zero-order valence-electron chi connectivity index (χ0n) is 14.3. The van der Waals surface area contributed by atoms with Gasteiger partial charge in [-0.3, -0.25) is 4.79 Å². The first-order valence-corrected chi connectivity index (χ1v) is 7.75. The lowest BCUT2D eigenvalue weighted by molar-refractivity contribution is -0.137. The third kappa shape index (κ3) is 4.14. The number of nitrogens with one attached hydrogen (secondary N) is 1. The van der Waals surface area contributed by atoms with Gasteiger partial charge in [-0.05, 0) is 53.7 Å². The number of aromatic nitrogens is 4. The number of hydrogen-bond acceptors (Lipinski definition) is 6. The highest BCUT2D eigenvalue weighted by atomic mass is 19.4. The van der Waals surface area contributed by atoms with E-state index in [0.717, 1.165) is 29.1 Å². The van der Waals surface area contributed by atoms with Gasteiger partial charge >= 0.3 is 12.1 Å². The molecule has 11 heteroatoms. The Morgan fingerprint density at radius 3 is 2.25 bits per heavy atom. The minimum Gasteiger partial charge on any atom is -0.465 e. The molecule has 0 aliphatic heterocycles. The van der Waals surface area contributed by atoms with Crippen LogP contribution in [0, 0.1) is 0 Å². The summed E-state index contributed by atoms with van der Waals surface area (Å²) in [5.41, 5.74) is 0.0853. The Kier molecular flexibility index (Phi) is 5.07. The van der Waals surface area contributed by atoms with Crippen LogP contribution in [0.25, 0.3) is 5.69 Å². The predicted molar refractivity (Wildman–Crippen MR) is 89.9 cm³/mol. The number of benzene rings is 2. The molecule has 28 heavy (non-hydrogen) atoms. The lowest BCUT2D eigenvalue weighted by atomic mass is 10.2. The maximum atomic E-state index is 12.6. The van der Waals surface area contributed by atoms with Crippen LogP contribution in [0.3, 0.4) is 0 Å². The van der Waals surface area contributed by atoms with E-state index in [9.17, 15) is 22.8 Å². The number of hydrogen-bond donors (Lipinski definition) is 1. The predicted octanol–water partition coefficient (Wildman–Crippen LogP) is 2.72. The number of nitrogens with zero attached hydrogens (tertiary/aromatic N) is 4. The summed E-state index contributed by atoms with van der Waals surface area (Å²) in [6.07, 6.45) is -4.46. The standard InChI is InChI=1S/C17H12F3N5O3/c1-28-16(27)10-2-6-12(7-3-10)21-15(26)14-22-24-25(23-14)13-8-4-11(5-9-13)17(18,19)20/h2-9H,1H3,(H,21,26). The van der Waals surface area contributed by atoms with Crippen LogP contribution in [0.1, 0.15) is 26.5 Å². The molecule has 0 aliphatic carbocycles. The Morgan fingerprint density at radius 2 is 1.68 bits per heavy atom. The van der Waals surface area contributed by atoms with Crippen LogP contribution in [0.5, 0.6) is 0 Å². The van der Waals surface area contributed by atoms with Crippen molar-refractivity contribution < 1.29 is 27.5 Å². The molecule has 2 aromatic carbocycles. The minimum absolute atomic E-state index is 0.210. The fraction of sp³-hybridized carbons (Fsp3) is 0.118. The summed E-state index contributed by atoms with van der Waals surface area (Å²) >= 11 is 0. The number of halogens is 3. The third-order valence-corrected chi connectivity index (χ3v) is 3.61. The van der Waals surface area contributed by atoms with Crippen molar-refractivity contribution in [2.75, 3.05) is 12.4 Å². The van der Waals surface area contributed by atoms with Gasteiger partial charge in [-0.25, -0.2) is 4.79 Å². The number of carbonyl (C=O) groups excluding carboxylic acids is 2. The number of tetrazole rings is 1. The van der Waals surface area contributed by atoms with Crippen molar-refractivity contribution in [2.45, 2.75) is 6.18 Å². The number of esters is 1. The highest BCUT2D eigenvalue weighted by Crippen LogP contribution is 2.29. The molecule has 1 heterocycles. The molecule has 0 saturated carbocycles. The molecule has 0 unspecified atom stereocenters. The maximum absolute atomic E-state index is 12.6. The molecule has 144 valence electrons. The maximum Gasteiger partial charge on any atom is 0.416 e. The zero-order chi connectivity index (χ0) is 20.3. The smallest absolute Gasteiger partial charge is 0.416 e. The van der Waals surface area contributed by atoms with E-state index in [1.165, 1.54) is 31.4 Å². The first kappa shape index (κ1) is 19.0. The van der Waals surface area contributed by atoms with Gasteiger partial charge in [-0.1, -0.05) is 0 Å². The van der Waals surface area contributed by atoms with Crippen molar-refractivity contribution in [1.82, 2.24) is 20.2 Å². The summed E-state index contributed by atoms with van der Waals surface area (Å²) < 4.78 is 42.4. The van der Waals surface area contributed by atoms with Crippen LogP contribution >= 0.6 is 0 Å². The average Bonchev–Trinajstić information content (AvgIpc) is 3.18. The molecular formula is C17H12F3N5O3. The molecule has 0 saturated heterocycles.